The molecule has 0 heterocycles. The summed E-state index contributed by atoms with van der Waals surface area (Å²) in [6.07, 6.45) is -0.663. The van der Waals surface area contributed by atoms with Gasteiger partial charge in [-0.05, 0) is 42.3 Å². The fraction of sp³-hybridized carbons (Fsp3) is 0.667. The van der Waals surface area contributed by atoms with Crippen molar-refractivity contribution in [2.45, 2.75) is 47.2 Å². The van der Waals surface area contributed by atoms with Gasteiger partial charge >= 0.3 is 0 Å². The van der Waals surface area contributed by atoms with Crippen molar-refractivity contribution in [1.82, 2.24) is 0 Å². The lowest BCUT2D eigenvalue weighted by Gasteiger charge is -2.26. The molecule has 0 aliphatic heterocycles. The molecule has 0 unspecified atom stereocenters. The highest BCUT2D eigenvalue weighted by Gasteiger charge is 2.35. The average molecular weight is 222 g/mol. The molecular formula is C12H18N2O2. The van der Waals surface area contributed by atoms with Crippen molar-refractivity contribution in [1.29, 1.82) is 0 Å². The lowest BCUT2D eigenvalue weighted by atomic mass is 9.79. The Morgan fingerprint density at radius 3 is 1.88 bits per heavy atom. The van der Waals surface area contributed by atoms with Crippen molar-refractivity contribution in [3.8, 4) is 0 Å². The molecule has 4 heteroatoms. The zero-order chi connectivity index (χ0) is 12.5. The molecule has 0 spiro atoms. The van der Waals surface area contributed by atoms with Crippen LogP contribution in [0.15, 0.2) is 32.6 Å². The third kappa shape index (κ3) is 1.84. The highest BCUT2D eigenvalue weighted by atomic mass is 16.3. The first-order valence-electron chi connectivity index (χ1n) is 5.39. The van der Waals surface area contributed by atoms with Crippen LogP contribution in [0.2, 0.25) is 0 Å². The Labute approximate surface area is 95.8 Å². The van der Waals surface area contributed by atoms with Gasteiger partial charge in [-0.15, -0.1) is 9.81 Å². The van der Waals surface area contributed by atoms with Crippen LogP contribution in [-0.4, -0.2) is 6.17 Å². The Bertz CT molecular complexity index is 384. The summed E-state index contributed by atoms with van der Waals surface area (Å²) < 4.78 is 0. The SMILES string of the molecule is CC1=C(C)C(C)(C)C(CC(N=O)N=O)=C1C. The summed E-state index contributed by atoms with van der Waals surface area (Å²) in [5.41, 5.74) is 4.71. The zero-order valence-electron chi connectivity index (χ0n) is 10.5. The molecule has 0 saturated carbocycles. The Hall–Kier alpha value is -1.32. The van der Waals surface area contributed by atoms with Crippen molar-refractivity contribution in [2.24, 2.45) is 15.8 Å². The second-order valence-corrected chi connectivity index (χ2v) is 4.87. The second-order valence-electron chi connectivity index (χ2n) is 4.87. The van der Waals surface area contributed by atoms with E-state index in [2.05, 4.69) is 38.0 Å². The van der Waals surface area contributed by atoms with Crippen LogP contribution in [-0.2, 0) is 0 Å². The van der Waals surface area contributed by atoms with E-state index in [4.69, 9.17) is 0 Å². The van der Waals surface area contributed by atoms with Gasteiger partial charge in [0.2, 0.25) is 6.17 Å². The summed E-state index contributed by atoms with van der Waals surface area (Å²) in [6.45, 7) is 10.4. The monoisotopic (exact) mass is 222 g/mol. The summed E-state index contributed by atoms with van der Waals surface area (Å²) in [5.74, 6) is 0. The molecule has 4 nitrogen and oxygen atoms in total. The van der Waals surface area contributed by atoms with E-state index in [1.54, 1.807) is 0 Å². The Kier molecular flexibility index (Phi) is 3.41. The Balaban J connectivity index is 3.07. The van der Waals surface area contributed by atoms with Gasteiger partial charge in [-0.25, -0.2) is 0 Å². The van der Waals surface area contributed by atoms with E-state index >= 15 is 0 Å². The first-order chi connectivity index (χ1) is 7.36. The van der Waals surface area contributed by atoms with Gasteiger partial charge in [0, 0.05) is 11.8 Å². The summed E-state index contributed by atoms with van der Waals surface area (Å²) >= 11 is 0. The standard InChI is InChI=1S/C12H18N2O2/c1-7-8(2)10(6-11(13-15)14-16)12(4,5)9(7)3/h11H,6H2,1-5H3. The minimum absolute atomic E-state index is 0.0954. The van der Waals surface area contributed by atoms with Gasteiger partial charge < -0.3 is 0 Å². The summed E-state index contributed by atoms with van der Waals surface area (Å²) in [6, 6.07) is 0. The molecule has 1 aliphatic carbocycles. The number of allylic oxidation sites excluding steroid dienone is 3. The maximum Gasteiger partial charge on any atom is 0.226 e. The predicted octanol–water partition coefficient (Wildman–Crippen LogP) is 3.93. The lowest BCUT2D eigenvalue weighted by Crippen LogP contribution is -2.17. The molecule has 0 bridgehead atoms. The highest BCUT2D eigenvalue weighted by Crippen LogP contribution is 2.48. The van der Waals surface area contributed by atoms with Gasteiger partial charge in [0.25, 0.3) is 0 Å². The molecule has 0 aromatic heterocycles. The maximum absolute atomic E-state index is 10.4. The number of nitroso groups, excluding NO2 is 2. The third-order valence-electron chi connectivity index (χ3n) is 3.90. The average Bonchev–Trinajstić information content (AvgIpc) is 2.39. The number of rotatable bonds is 4. The molecule has 88 valence electrons. The van der Waals surface area contributed by atoms with E-state index in [9.17, 15) is 9.81 Å². The van der Waals surface area contributed by atoms with E-state index in [-0.39, 0.29) is 5.41 Å². The smallest absolute Gasteiger partial charge is 0.148 e. The second kappa shape index (κ2) is 4.28. The highest BCUT2D eigenvalue weighted by molar-refractivity contribution is 5.50. The zero-order valence-corrected chi connectivity index (χ0v) is 10.5. The first kappa shape index (κ1) is 12.7. The fourth-order valence-corrected chi connectivity index (χ4v) is 2.36. The predicted molar refractivity (Wildman–Crippen MR) is 64.9 cm³/mol. The van der Waals surface area contributed by atoms with Crippen LogP contribution in [0.25, 0.3) is 0 Å². The summed E-state index contributed by atoms with van der Waals surface area (Å²) in [7, 11) is 0. The van der Waals surface area contributed by atoms with Crippen LogP contribution in [0, 0.1) is 15.2 Å². The van der Waals surface area contributed by atoms with Gasteiger partial charge in [-0.1, -0.05) is 25.0 Å². The largest absolute Gasteiger partial charge is 0.226 e. The van der Waals surface area contributed by atoms with Gasteiger partial charge in [-0.2, -0.15) is 0 Å². The molecule has 0 fully saturated rings. The quantitative estimate of drug-likeness (QED) is 0.676. The molecule has 0 N–H and O–H groups in total. The summed E-state index contributed by atoms with van der Waals surface area (Å²) in [5, 5.41) is 5.48. The topological polar surface area (TPSA) is 58.9 Å². The van der Waals surface area contributed by atoms with E-state index in [1.165, 1.54) is 16.7 Å². The fourth-order valence-electron chi connectivity index (χ4n) is 2.36. The van der Waals surface area contributed by atoms with Crippen LogP contribution in [0.5, 0.6) is 0 Å². The van der Waals surface area contributed by atoms with Crippen LogP contribution in [0.3, 0.4) is 0 Å². The first-order valence-corrected chi connectivity index (χ1v) is 5.39. The third-order valence-corrected chi connectivity index (χ3v) is 3.90. The minimum atomic E-state index is -0.997. The number of nitrogens with zero attached hydrogens (tertiary/aromatic N) is 2. The Morgan fingerprint density at radius 2 is 1.56 bits per heavy atom. The van der Waals surface area contributed by atoms with Crippen molar-refractivity contribution < 1.29 is 0 Å². The number of hydrogen-bond acceptors (Lipinski definition) is 4. The van der Waals surface area contributed by atoms with E-state index in [0.717, 1.165) is 5.57 Å². The van der Waals surface area contributed by atoms with Gasteiger partial charge in [0.05, 0.1) is 0 Å². The van der Waals surface area contributed by atoms with E-state index in [0.29, 0.717) is 6.42 Å². The molecule has 1 rings (SSSR count). The van der Waals surface area contributed by atoms with Gasteiger partial charge in [0.1, 0.15) is 0 Å². The van der Waals surface area contributed by atoms with Crippen LogP contribution in [0.1, 0.15) is 41.0 Å². The molecule has 0 radical (unpaired) electrons. The number of hydrogen-bond donors (Lipinski definition) is 0. The van der Waals surface area contributed by atoms with Crippen molar-refractivity contribution in [2.75, 3.05) is 0 Å². The normalized spacial score (nSPS) is 19.6. The van der Waals surface area contributed by atoms with E-state index < -0.39 is 6.17 Å². The maximum atomic E-state index is 10.4. The molecule has 1 aliphatic rings. The molecule has 0 atom stereocenters. The van der Waals surface area contributed by atoms with Crippen molar-refractivity contribution in [3.63, 3.8) is 0 Å². The van der Waals surface area contributed by atoms with Gasteiger partial charge in [0.15, 0.2) is 0 Å². The molecular weight excluding hydrogens is 204 g/mol. The molecule has 0 aromatic rings. The van der Waals surface area contributed by atoms with Crippen LogP contribution in [0.4, 0.5) is 0 Å². The van der Waals surface area contributed by atoms with Crippen molar-refractivity contribution >= 4 is 0 Å². The van der Waals surface area contributed by atoms with Gasteiger partial charge in [-0.3, -0.25) is 0 Å². The summed E-state index contributed by atoms with van der Waals surface area (Å²) in [4.78, 5) is 20.8. The minimum Gasteiger partial charge on any atom is -0.148 e. The van der Waals surface area contributed by atoms with Crippen molar-refractivity contribution in [3.05, 3.63) is 32.1 Å². The molecule has 16 heavy (non-hydrogen) atoms. The lowest BCUT2D eigenvalue weighted by molar-refractivity contribution is 0.501. The molecule has 0 amide bonds. The molecule has 0 aromatic carbocycles. The Morgan fingerprint density at radius 1 is 1.06 bits per heavy atom. The molecule has 0 saturated heterocycles. The van der Waals surface area contributed by atoms with E-state index in [1.807, 2.05) is 6.92 Å². The van der Waals surface area contributed by atoms with Crippen LogP contribution < -0.4 is 0 Å². The van der Waals surface area contributed by atoms with Crippen LogP contribution >= 0.6 is 0 Å².